The number of pyridine rings is 1. The van der Waals surface area contributed by atoms with E-state index in [-0.39, 0.29) is 0 Å². The highest BCUT2D eigenvalue weighted by Crippen LogP contribution is 2.43. The van der Waals surface area contributed by atoms with Gasteiger partial charge in [0.05, 0.1) is 11.2 Å². The van der Waals surface area contributed by atoms with E-state index in [4.69, 9.17) is 4.98 Å². The van der Waals surface area contributed by atoms with Crippen molar-refractivity contribution in [1.29, 1.82) is 0 Å². The van der Waals surface area contributed by atoms with Crippen molar-refractivity contribution >= 4 is 59.6 Å². The van der Waals surface area contributed by atoms with Crippen LogP contribution in [0.25, 0.3) is 70.9 Å². The largest absolute Gasteiger partial charge is 0.298 e. The van der Waals surface area contributed by atoms with Crippen LogP contribution in [0.4, 0.5) is 0 Å². The van der Waals surface area contributed by atoms with Crippen molar-refractivity contribution in [2.45, 2.75) is 39.5 Å². The number of benzene rings is 6. The van der Waals surface area contributed by atoms with Crippen LogP contribution in [-0.4, -0.2) is 9.38 Å². The molecule has 2 heterocycles. The zero-order valence-electron chi connectivity index (χ0n) is 22.8. The summed E-state index contributed by atoms with van der Waals surface area (Å²) in [4.78, 5) is 5.41. The average molecular weight is 503 g/mol. The molecule has 188 valence electrons. The molecule has 6 aromatic carbocycles. The predicted molar refractivity (Wildman–Crippen MR) is 168 cm³/mol. The summed E-state index contributed by atoms with van der Waals surface area (Å²) in [5.74, 6) is 0.831. The van der Waals surface area contributed by atoms with Crippen molar-refractivity contribution in [3.8, 4) is 11.3 Å². The summed E-state index contributed by atoms with van der Waals surface area (Å²) < 4.78 is 2.36. The predicted octanol–water partition coefficient (Wildman–Crippen LogP) is 10.5. The second-order valence-electron chi connectivity index (χ2n) is 11.6. The van der Waals surface area contributed by atoms with Crippen molar-refractivity contribution in [2.75, 3.05) is 0 Å². The number of hydrogen-bond donors (Lipinski definition) is 0. The van der Waals surface area contributed by atoms with Crippen molar-refractivity contribution in [3.05, 3.63) is 108 Å². The second kappa shape index (κ2) is 8.04. The molecule has 0 aliphatic heterocycles. The summed E-state index contributed by atoms with van der Waals surface area (Å²) in [5, 5.41) is 11.5. The molecule has 0 radical (unpaired) electrons. The third-order valence-corrected chi connectivity index (χ3v) is 8.64. The van der Waals surface area contributed by atoms with E-state index >= 15 is 0 Å². The van der Waals surface area contributed by atoms with E-state index in [2.05, 4.69) is 129 Å². The van der Waals surface area contributed by atoms with Crippen LogP contribution < -0.4 is 0 Å². The van der Waals surface area contributed by atoms with E-state index in [1.807, 2.05) is 0 Å². The van der Waals surface area contributed by atoms with Gasteiger partial charge in [0.1, 0.15) is 5.65 Å². The smallest absolute Gasteiger partial charge is 0.145 e. The first kappa shape index (κ1) is 22.5. The van der Waals surface area contributed by atoms with E-state index in [0.717, 1.165) is 11.3 Å². The van der Waals surface area contributed by atoms with Gasteiger partial charge in [0, 0.05) is 27.9 Å². The van der Waals surface area contributed by atoms with E-state index < -0.39 is 0 Å². The third kappa shape index (κ3) is 3.12. The summed E-state index contributed by atoms with van der Waals surface area (Å²) in [7, 11) is 0. The van der Waals surface area contributed by atoms with Gasteiger partial charge in [0.25, 0.3) is 0 Å². The van der Waals surface area contributed by atoms with Crippen LogP contribution in [-0.2, 0) is 0 Å². The molecule has 0 saturated heterocycles. The summed E-state index contributed by atoms with van der Waals surface area (Å²) in [5.41, 5.74) is 7.34. The van der Waals surface area contributed by atoms with Gasteiger partial charge in [-0.3, -0.25) is 4.40 Å². The van der Waals surface area contributed by atoms with Crippen molar-refractivity contribution < 1.29 is 0 Å². The SMILES string of the molecule is CC(C)c1cccc(C(C)C)c1-c1cn2c3cc4cc5ccccc5cc4c4ccc5cccc(c5c43)c2n1. The van der Waals surface area contributed by atoms with E-state index in [1.165, 1.54) is 70.7 Å². The zero-order chi connectivity index (χ0) is 26.4. The minimum Gasteiger partial charge on any atom is -0.298 e. The summed E-state index contributed by atoms with van der Waals surface area (Å²) >= 11 is 0. The molecule has 0 aliphatic carbocycles. The van der Waals surface area contributed by atoms with E-state index in [0.29, 0.717) is 11.8 Å². The monoisotopic (exact) mass is 502 g/mol. The van der Waals surface area contributed by atoms with E-state index in [9.17, 15) is 0 Å². The minimum atomic E-state index is 0.415. The third-order valence-electron chi connectivity index (χ3n) is 8.64. The number of nitrogens with zero attached hydrogens (tertiary/aromatic N) is 2. The van der Waals surface area contributed by atoms with Crippen LogP contribution in [0.5, 0.6) is 0 Å². The molecule has 39 heavy (non-hydrogen) atoms. The molecule has 0 amide bonds. The van der Waals surface area contributed by atoms with Crippen molar-refractivity contribution in [1.82, 2.24) is 9.38 Å². The number of hydrogen-bond acceptors (Lipinski definition) is 1. The maximum Gasteiger partial charge on any atom is 0.145 e. The Balaban J connectivity index is 1.58. The molecule has 0 unspecified atom stereocenters. The van der Waals surface area contributed by atoms with Crippen LogP contribution in [0.2, 0.25) is 0 Å². The second-order valence-corrected chi connectivity index (χ2v) is 11.6. The molecule has 0 fully saturated rings. The molecule has 2 nitrogen and oxygen atoms in total. The molecule has 0 N–H and O–H groups in total. The van der Waals surface area contributed by atoms with Gasteiger partial charge < -0.3 is 0 Å². The number of imidazole rings is 1. The van der Waals surface area contributed by atoms with Gasteiger partial charge in [-0.1, -0.05) is 100 Å². The maximum atomic E-state index is 5.41. The first-order valence-corrected chi connectivity index (χ1v) is 14.0. The molecule has 0 bridgehead atoms. The highest BCUT2D eigenvalue weighted by atomic mass is 15.0. The van der Waals surface area contributed by atoms with Crippen LogP contribution in [0.1, 0.15) is 50.7 Å². The fraction of sp³-hybridized carbons (Fsp3) is 0.162. The van der Waals surface area contributed by atoms with Gasteiger partial charge in [-0.05, 0) is 73.5 Å². The van der Waals surface area contributed by atoms with Gasteiger partial charge in [0.15, 0.2) is 0 Å². The Hall–Kier alpha value is -4.43. The first-order chi connectivity index (χ1) is 19.0. The molecule has 0 aliphatic rings. The van der Waals surface area contributed by atoms with Crippen molar-refractivity contribution in [2.24, 2.45) is 0 Å². The number of fused-ring (bicyclic) bond motifs is 6. The van der Waals surface area contributed by atoms with Crippen LogP contribution in [0.15, 0.2) is 97.2 Å². The van der Waals surface area contributed by atoms with Crippen molar-refractivity contribution in [3.63, 3.8) is 0 Å². The van der Waals surface area contributed by atoms with E-state index in [1.54, 1.807) is 0 Å². The zero-order valence-corrected chi connectivity index (χ0v) is 22.8. The molecule has 8 rings (SSSR count). The molecule has 2 heteroatoms. The standard InChI is InChI=1S/C37H30N2/c1-21(2)27-12-8-13-28(22(3)4)35(27)32-20-39-33-19-26-17-24-9-5-6-10-25(24)18-31(26)29-16-15-23-11-7-14-30(37(39)38-32)34(23)36(29)33/h5-22H,1-4H3. The Morgan fingerprint density at radius 3 is 2.00 bits per heavy atom. The minimum absolute atomic E-state index is 0.415. The lowest BCUT2D eigenvalue weighted by atomic mass is 9.87. The normalized spacial score (nSPS) is 12.6. The van der Waals surface area contributed by atoms with Gasteiger partial charge in [-0.2, -0.15) is 0 Å². The lowest BCUT2D eigenvalue weighted by Gasteiger charge is -2.18. The maximum absolute atomic E-state index is 5.41. The molecule has 0 atom stereocenters. The highest BCUT2D eigenvalue weighted by Gasteiger charge is 2.21. The van der Waals surface area contributed by atoms with Gasteiger partial charge in [-0.15, -0.1) is 0 Å². The average Bonchev–Trinajstić information content (AvgIpc) is 3.40. The summed E-state index contributed by atoms with van der Waals surface area (Å²) in [6.45, 7) is 9.14. The van der Waals surface area contributed by atoms with Crippen LogP contribution in [0, 0.1) is 0 Å². The highest BCUT2D eigenvalue weighted by molar-refractivity contribution is 6.31. The Bertz CT molecular complexity index is 2200. The van der Waals surface area contributed by atoms with Crippen LogP contribution >= 0.6 is 0 Å². The molecular weight excluding hydrogens is 472 g/mol. The quantitative estimate of drug-likeness (QED) is 0.173. The number of aromatic nitrogens is 2. The molecule has 0 saturated carbocycles. The Morgan fingerprint density at radius 2 is 1.26 bits per heavy atom. The summed E-state index contributed by atoms with van der Waals surface area (Å²) in [6.07, 6.45) is 2.29. The summed E-state index contributed by atoms with van der Waals surface area (Å²) in [6, 6.07) is 33.8. The number of rotatable bonds is 3. The Kier molecular flexibility index (Phi) is 4.65. The fourth-order valence-electron chi connectivity index (χ4n) is 6.80. The molecule has 8 aromatic rings. The van der Waals surface area contributed by atoms with Gasteiger partial charge in [-0.25, -0.2) is 4.98 Å². The Labute approximate surface area is 227 Å². The fourth-order valence-corrected chi connectivity index (χ4v) is 6.80. The molecule has 0 spiro atoms. The lowest BCUT2D eigenvalue weighted by molar-refractivity contribution is 0.837. The van der Waals surface area contributed by atoms with Gasteiger partial charge in [0.2, 0.25) is 0 Å². The molecule has 2 aromatic heterocycles. The topological polar surface area (TPSA) is 17.3 Å². The van der Waals surface area contributed by atoms with Gasteiger partial charge >= 0.3 is 0 Å². The Morgan fingerprint density at radius 1 is 0.564 bits per heavy atom. The molecular formula is C37H30N2. The first-order valence-electron chi connectivity index (χ1n) is 14.0. The van der Waals surface area contributed by atoms with Crippen LogP contribution in [0.3, 0.4) is 0 Å². The lowest BCUT2D eigenvalue weighted by Crippen LogP contribution is -1.99.